The molecular formula is C50H53IrNOP-3. The van der Waals surface area contributed by atoms with Crippen molar-refractivity contribution in [1.29, 1.82) is 0 Å². The number of rotatable bonds is 7. The fourth-order valence-corrected chi connectivity index (χ4v) is 12.4. The van der Waals surface area contributed by atoms with Crippen LogP contribution in [0.5, 0.6) is 0 Å². The van der Waals surface area contributed by atoms with Gasteiger partial charge in [-0.25, -0.2) is 17.8 Å². The van der Waals surface area contributed by atoms with Crippen molar-refractivity contribution in [2.75, 3.05) is 6.61 Å². The average Bonchev–Trinajstić information content (AvgIpc) is 3.95. The van der Waals surface area contributed by atoms with Crippen molar-refractivity contribution in [2.45, 2.75) is 76.7 Å². The Bertz CT molecular complexity index is 1940. The third kappa shape index (κ3) is 7.98. The molecule has 54 heavy (non-hydrogen) atoms. The summed E-state index contributed by atoms with van der Waals surface area (Å²) < 4.78 is 6.39. The van der Waals surface area contributed by atoms with E-state index >= 15 is 0 Å². The molecule has 1 aliphatic heterocycles. The molecule has 1 radical (unpaired) electrons. The van der Waals surface area contributed by atoms with Crippen LogP contribution < -0.4 is 15.9 Å². The van der Waals surface area contributed by atoms with Gasteiger partial charge in [0.25, 0.3) is 0 Å². The minimum Gasteiger partial charge on any atom is -0.475 e. The molecule has 4 aliphatic rings. The van der Waals surface area contributed by atoms with Gasteiger partial charge in [-0.1, -0.05) is 91.0 Å². The van der Waals surface area contributed by atoms with Gasteiger partial charge >= 0.3 is 0 Å². The van der Waals surface area contributed by atoms with E-state index in [2.05, 4.69) is 167 Å². The minimum absolute atomic E-state index is 0. The monoisotopic (exact) mass is 907 g/mol. The maximum Gasteiger partial charge on any atom is 0.217 e. The molecule has 1 heterocycles. The first kappa shape index (κ1) is 38.9. The number of benzene rings is 5. The van der Waals surface area contributed by atoms with Crippen molar-refractivity contribution in [3.63, 3.8) is 0 Å². The van der Waals surface area contributed by atoms with Crippen LogP contribution in [0.2, 0.25) is 0 Å². The number of ether oxygens (including phenoxy) is 1. The topological polar surface area (TPSA) is 21.6 Å². The molecular weight excluding hydrogens is 854 g/mol. The van der Waals surface area contributed by atoms with Gasteiger partial charge in [0, 0.05) is 36.6 Å². The fourth-order valence-electron chi connectivity index (χ4n) is 9.48. The molecule has 3 aliphatic carbocycles. The Morgan fingerprint density at radius 1 is 0.648 bits per heavy atom. The Labute approximate surface area is 339 Å². The molecule has 0 aromatic heterocycles. The number of hydrogen-bond acceptors (Lipinski definition) is 2. The molecule has 5 aromatic carbocycles. The van der Waals surface area contributed by atoms with Crippen LogP contribution in [0.3, 0.4) is 0 Å². The second-order valence-electron chi connectivity index (χ2n) is 15.2. The van der Waals surface area contributed by atoms with Crippen LogP contribution in [0.4, 0.5) is 0 Å². The van der Waals surface area contributed by atoms with Crippen molar-refractivity contribution in [3.05, 3.63) is 186 Å². The van der Waals surface area contributed by atoms with E-state index in [-0.39, 0.29) is 31.6 Å². The second-order valence-corrected chi connectivity index (χ2v) is 17.6. The average molecular weight is 907 g/mol. The van der Waals surface area contributed by atoms with Gasteiger partial charge in [0.1, 0.15) is 28.6 Å². The van der Waals surface area contributed by atoms with E-state index in [0.717, 1.165) is 43.4 Å². The van der Waals surface area contributed by atoms with E-state index < -0.39 is 7.92 Å². The van der Waals surface area contributed by atoms with E-state index in [0.29, 0.717) is 6.61 Å². The summed E-state index contributed by atoms with van der Waals surface area (Å²) >= 11 is 0. The van der Waals surface area contributed by atoms with E-state index in [1.165, 1.54) is 64.1 Å². The zero-order chi connectivity index (χ0) is 36.0. The number of hydrogen-bond donors (Lipinski definition) is 0. The summed E-state index contributed by atoms with van der Waals surface area (Å²) in [5.74, 6) is 2.35. The van der Waals surface area contributed by atoms with Crippen LogP contribution >= 0.6 is 7.92 Å². The molecule has 0 N–H and O–H groups in total. The van der Waals surface area contributed by atoms with E-state index in [1.807, 2.05) is 0 Å². The summed E-state index contributed by atoms with van der Waals surface area (Å²) in [7, 11) is -1.20. The van der Waals surface area contributed by atoms with E-state index in [9.17, 15) is 0 Å². The Morgan fingerprint density at radius 3 is 1.76 bits per heavy atom. The van der Waals surface area contributed by atoms with Crippen molar-refractivity contribution in [1.82, 2.24) is 0 Å². The standard InChI is InChI=1S/C38H32NOP.C12H20.Ir/c1-4-12-27(13-5-1)33-26-40-37(39-33)32-20-10-14-28-22-24-38(35(28)32)25-23-29-15-11-21-34(36(29)38)41(30-16-6-2-7-17-30)31-18-8-3-9-19-31;1-3-11-7-5-6-8-12(4-2)10-9-11;/h1-21,33H,22-26H2;3-4,7-8,11-12H,5-6,9-10H2,1-2H3;/q;-4;/p+1/t33-,38+;;/m1../s1. The normalized spacial score (nSPS) is 22.9. The van der Waals surface area contributed by atoms with Gasteiger partial charge < -0.3 is 30.4 Å². The van der Waals surface area contributed by atoms with Gasteiger partial charge in [-0.05, 0) is 84.3 Å². The summed E-state index contributed by atoms with van der Waals surface area (Å²) in [5.41, 5.74) is 8.47. The van der Waals surface area contributed by atoms with Gasteiger partial charge in [-0.2, -0.15) is 13.8 Å². The van der Waals surface area contributed by atoms with Gasteiger partial charge in [-0.3, -0.25) is 11.8 Å². The number of nitrogens with zero attached hydrogens (tertiary/aromatic N) is 1. The first-order valence-electron chi connectivity index (χ1n) is 19.9. The molecule has 1 saturated carbocycles. The molecule has 2 nitrogen and oxygen atoms in total. The Kier molecular flexibility index (Phi) is 13.0. The minimum atomic E-state index is -1.20. The first-order valence-corrected chi connectivity index (χ1v) is 21.4. The summed E-state index contributed by atoms with van der Waals surface area (Å²) in [6.07, 6.45) is 19.3. The van der Waals surface area contributed by atoms with Crippen LogP contribution in [-0.4, -0.2) is 12.5 Å². The summed E-state index contributed by atoms with van der Waals surface area (Å²) in [5, 5.41) is 4.43. The Hall–Kier alpha value is -3.35. The van der Waals surface area contributed by atoms with Gasteiger partial charge in [-0.15, -0.1) is 12.8 Å². The van der Waals surface area contributed by atoms with Gasteiger partial charge in [0.2, 0.25) is 5.90 Å². The second kappa shape index (κ2) is 18.1. The zero-order valence-electron chi connectivity index (χ0n) is 31.7. The van der Waals surface area contributed by atoms with Crippen LogP contribution in [-0.2, 0) is 43.1 Å². The Morgan fingerprint density at radius 2 is 1.19 bits per heavy atom. The molecule has 4 heteroatoms. The van der Waals surface area contributed by atoms with Crippen LogP contribution in [0.15, 0.2) is 132 Å². The van der Waals surface area contributed by atoms with Crippen LogP contribution in [0.25, 0.3) is 0 Å². The molecule has 5 aromatic rings. The van der Waals surface area contributed by atoms with E-state index in [1.54, 1.807) is 10.9 Å². The van der Waals surface area contributed by atoms with Gasteiger partial charge in [0.15, 0.2) is 0 Å². The summed E-state index contributed by atoms with van der Waals surface area (Å²) in [4.78, 5) is 5.17. The molecule has 281 valence electrons. The van der Waals surface area contributed by atoms with E-state index in [4.69, 9.17) is 9.73 Å². The molecule has 0 bridgehead atoms. The summed E-state index contributed by atoms with van der Waals surface area (Å²) in [6, 6.07) is 47.0. The molecule has 1 spiro atoms. The quantitative estimate of drug-likeness (QED) is 0.118. The smallest absolute Gasteiger partial charge is 0.217 e. The third-order valence-corrected chi connectivity index (χ3v) is 14.9. The van der Waals surface area contributed by atoms with Crippen molar-refractivity contribution in [2.24, 2.45) is 16.8 Å². The Balaban J connectivity index is 0.000000298. The van der Waals surface area contributed by atoms with Crippen LogP contribution in [0.1, 0.15) is 91.8 Å². The summed E-state index contributed by atoms with van der Waals surface area (Å²) in [6.45, 7) is 4.96. The molecule has 1 fully saturated rings. The SMILES string of the molecule is C[CH-]C1[CH-]CC[CH-]C([CH-]C)CC1.[Ir].c1ccc([C@H]2COC(c3cccc4c3[C@]3(CC4)CCc4cccc([PH+](c5ccccc5)c5ccccc5)c43)=N2)cc1. The largest absolute Gasteiger partial charge is 0.475 e. The molecule has 2 unspecified atom stereocenters. The van der Waals surface area contributed by atoms with Crippen molar-refractivity contribution < 1.29 is 24.8 Å². The van der Waals surface area contributed by atoms with Gasteiger partial charge in [0.05, 0.1) is 7.92 Å². The molecule has 0 saturated heterocycles. The predicted octanol–water partition coefficient (Wildman–Crippen LogP) is 10.5. The molecule has 0 amide bonds. The molecule has 9 rings (SSSR count). The zero-order valence-corrected chi connectivity index (χ0v) is 35.1. The maximum absolute atomic E-state index is 6.39. The number of aliphatic imine (C=N–C) groups is 1. The first-order chi connectivity index (χ1) is 26.2. The van der Waals surface area contributed by atoms with Crippen LogP contribution in [0, 0.1) is 37.5 Å². The van der Waals surface area contributed by atoms with Crippen molar-refractivity contribution in [3.8, 4) is 0 Å². The third-order valence-electron chi connectivity index (χ3n) is 12.2. The van der Waals surface area contributed by atoms with Crippen molar-refractivity contribution >= 4 is 29.7 Å². The predicted molar refractivity (Wildman–Crippen MR) is 226 cm³/mol. The number of aryl methyl sites for hydroxylation is 2. The molecule has 4 atom stereocenters. The number of fused-ring (bicyclic) bond motifs is 4. The fraction of sp³-hybridized carbons (Fsp3) is 0.300. The maximum atomic E-state index is 6.39.